The van der Waals surface area contributed by atoms with Crippen molar-refractivity contribution in [3.63, 3.8) is 0 Å². The van der Waals surface area contributed by atoms with Crippen LogP contribution in [-0.2, 0) is 14.3 Å². The Hall–Kier alpha value is -2.48. The molecule has 1 fully saturated rings. The van der Waals surface area contributed by atoms with Crippen LogP contribution >= 0.6 is 11.8 Å². The monoisotopic (exact) mass is 407 g/mol. The number of rotatable bonds is 8. The van der Waals surface area contributed by atoms with E-state index in [0.29, 0.717) is 17.1 Å². The summed E-state index contributed by atoms with van der Waals surface area (Å²) in [6, 6.07) is 5.24. The Morgan fingerprint density at radius 1 is 1.18 bits per heavy atom. The van der Waals surface area contributed by atoms with Crippen LogP contribution in [0.2, 0.25) is 0 Å². The summed E-state index contributed by atoms with van der Waals surface area (Å²) in [5.41, 5.74) is 0.681. The van der Waals surface area contributed by atoms with Crippen LogP contribution in [0.5, 0.6) is 11.5 Å². The number of hydrogen-bond donors (Lipinski definition) is 0. The zero-order valence-corrected chi connectivity index (χ0v) is 17.5. The van der Waals surface area contributed by atoms with E-state index in [1.54, 1.807) is 24.3 Å². The molecule has 8 heteroatoms. The third-order valence-electron chi connectivity index (χ3n) is 3.59. The number of benzene rings is 1. The lowest BCUT2D eigenvalue weighted by molar-refractivity contribution is -0.147. The third kappa shape index (κ3) is 5.76. The van der Waals surface area contributed by atoms with Gasteiger partial charge in [-0.2, -0.15) is 0 Å². The second kappa shape index (κ2) is 9.64. The lowest BCUT2D eigenvalue weighted by Gasteiger charge is -2.14. The molecule has 0 spiro atoms. The largest absolute Gasteiger partial charge is 0.493 e. The summed E-state index contributed by atoms with van der Waals surface area (Å²) in [6.45, 7) is 7.49. The van der Waals surface area contributed by atoms with Crippen LogP contribution < -0.4 is 9.47 Å². The molecule has 1 aromatic rings. The summed E-state index contributed by atoms with van der Waals surface area (Å²) < 4.78 is 16.0. The summed E-state index contributed by atoms with van der Waals surface area (Å²) in [5, 5.41) is -0.496. The molecule has 0 bridgehead atoms. The molecule has 0 unspecified atom stereocenters. The van der Waals surface area contributed by atoms with Gasteiger partial charge < -0.3 is 14.2 Å². The van der Waals surface area contributed by atoms with E-state index in [-0.39, 0.29) is 30.1 Å². The van der Waals surface area contributed by atoms with Gasteiger partial charge in [0.05, 0.1) is 24.7 Å². The highest BCUT2D eigenvalue weighted by atomic mass is 32.2. The minimum absolute atomic E-state index is 0.00768. The first-order valence-electron chi connectivity index (χ1n) is 8.97. The fraction of sp³-hybridized carbons (Fsp3) is 0.450. The number of methoxy groups -OCH3 is 1. The summed E-state index contributed by atoms with van der Waals surface area (Å²) in [7, 11) is 1.53. The van der Waals surface area contributed by atoms with Crippen LogP contribution in [-0.4, -0.2) is 48.4 Å². The van der Waals surface area contributed by atoms with E-state index in [0.717, 1.165) is 16.7 Å². The van der Waals surface area contributed by atoms with E-state index >= 15 is 0 Å². The number of hydrogen-bond acceptors (Lipinski definition) is 7. The van der Waals surface area contributed by atoms with E-state index in [1.165, 1.54) is 7.11 Å². The molecule has 0 aliphatic carbocycles. The van der Waals surface area contributed by atoms with Crippen LogP contribution in [0.25, 0.3) is 6.08 Å². The molecule has 1 aliphatic heterocycles. The number of carbonyl (C=O) groups is 3. The van der Waals surface area contributed by atoms with Crippen LogP contribution in [0, 0.1) is 5.92 Å². The lowest BCUT2D eigenvalue weighted by atomic mass is 10.2. The number of carbonyl (C=O) groups excluding carboxylic acids is 3. The summed E-state index contributed by atoms with van der Waals surface area (Å²) >= 11 is 0.790. The maximum atomic E-state index is 12.5. The Bertz CT molecular complexity index is 787. The highest BCUT2D eigenvalue weighted by Gasteiger charge is 2.36. The van der Waals surface area contributed by atoms with Gasteiger partial charge in [-0.1, -0.05) is 19.9 Å². The lowest BCUT2D eigenvalue weighted by Crippen LogP contribution is -2.34. The highest BCUT2D eigenvalue weighted by Crippen LogP contribution is 2.34. The Morgan fingerprint density at radius 3 is 2.50 bits per heavy atom. The number of ether oxygens (including phenoxy) is 3. The molecule has 152 valence electrons. The zero-order chi connectivity index (χ0) is 20.8. The topological polar surface area (TPSA) is 82.1 Å². The van der Waals surface area contributed by atoms with Crippen molar-refractivity contribution in [2.24, 2.45) is 5.92 Å². The Balaban J connectivity index is 2.13. The van der Waals surface area contributed by atoms with Gasteiger partial charge in [-0.15, -0.1) is 0 Å². The van der Waals surface area contributed by atoms with Gasteiger partial charge in [0.25, 0.3) is 11.1 Å². The SMILES string of the molecule is COc1cc(/C=C2\SC(=O)N(CC(=O)OCC(C)C)C2=O)ccc1OC(C)C. The number of thioether (sulfide) groups is 1. The average molecular weight is 407 g/mol. The molecule has 28 heavy (non-hydrogen) atoms. The molecule has 2 amide bonds. The van der Waals surface area contributed by atoms with Gasteiger partial charge in [-0.05, 0) is 55.3 Å². The van der Waals surface area contributed by atoms with E-state index < -0.39 is 17.1 Å². The number of imide groups is 1. The molecule has 1 saturated heterocycles. The van der Waals surface area contributed by atoms with Crippen molar-refractivity contribution >= 4 is 35.0 Å². The summed E-state index contributed by atoms with van der Waals surface area (Å²) in [6.07, 6.45) is 1.58. The van der Waals surface area contributed by atoms with Gasteiger partial charge in [0.2, 0.25) is 0 Å². The second-order valence-corrected chi connectivity index (χ2v) is 7.91. The highest BCUT2D eigenvalue weighted by molar-refractivity contribution is 8.18. The average Bonchev–Trinajstić information content (AvgIpc) is 2.88. The molecular formula is C20H25NO6S. The molecule has 0 radical (unpaired) electrons. The van der Waals surface area contributed by atoms with Gasteiger partial charge in [0, 0.05) is 0 Å². The number of nitrogens with zero attached hydrogens (tertiary/aromatic N) is 1. The molecule has 2 rings (SSSR count). The normalized spacial score (nSPS) is 15.7. The number of amides is 2. The second-order valence-electron chi connectivity index (χ2n) is 6.92. The number of esters is 1. The maximum absolute atomic E-state index is 12.5. The van der Waals surface area contributed by atoms with Crippen LogP contribution in [0.15, 0.2) is 23.1 Å². The van der Waals surface area contributed by atoms with E-state index in [4.69, 9.17) is 14.2 Å². The zero-order valence-electron chi connectivity index (χ0n) is 16.7. The van der Waals surface area contributed by atoms with Crippen molar-refractivity contribution in [3.8, 4) is 11.5 Å². The van der Waals surface area contributed by atoms with Gasteiger partial charge in [0.1, 0.15) is 6.54 Å². The Kier molecular flexibility index (Phi) is 7.51. The van der Waals surface area contributed by atoms with Crippen molar-refractivity contribution < 1.29 is 28.6 Å². The summed E-state index contributed by atoms with van der Waals surface area (Å²) in [4.78, 5) is 37.6. The predicted octanol–water partition coefficient (Wildman–Crippen LogP) is 3.72. The molecule has 0 atom stereocenters. The minimum atomic E-state index is -0.603. The predicted molar refractivity (Wildman–Crippen MR) is 107 cm³/mol. The van der Waals surface area contributed by atoms with Crippen molar-refractivity contribution in [2.45, 2.75) is 33.8 Å². The summed E-state index contributed by atoms with van der Waals surface area (Å²) in [5.74, 6) is 0.179. The first-order valence-corrected chi connectivity index (χ1v) is 9.78. The molecule has 0 saturated carbocycles. The van der Waals surface area contributed by atoms with Crippen molar-refractivity contribution in [2.75, 3.05) is 20.3 Å². The van der Waals surface area contributed by atoms with Gasteiger partial charge >= 0.3 is 5.97 Å². The van der Waals surface area contributed by atoms with E-state index in [2.05, 4.69) is 0 Å². The Morgan fingerprint density at radius 2 is 1.89 bits per heavy atom. The smallest absolute Gasteiger partial charge is 0.326 e. The van der Waals surface area contributed by atoms with Gasteiger partial charge in [-0.25, -0.2) is 0 Å². The molecule has 0 aromatic heterocycles. The molecule has 7 nitrogen and oxygen atoms in total. The van der Waals surface area contributed by atoms with Crippen molar-refractivity contribution in [3.05, 3.63) is 28.7 Å². The van der Waals surface area contributed by atoms with E-state index in [9.17, 15) is 14.4 Å². The fourth-order valence-corrected chi connectivity index (χ4v) is 3.19. The fourth-order valence-electron chi connectivity index (χ4n) is 2.35. The molecule has 0 N–H and O–H groups in total. The molecular weight excluding hydrogens is 382 g/mol. The van der Waals surface area contributed by atoms with Gasteiger partial charge in [-0.3, -0.25) is 19.3 Å². The maximum Gasteiger partial charge on any atom is 0.326 e. The van der Waals surface area contributed by atoms with E-state index in [1.807, 2.05) is 27.7 Å². The molecule has 1 aromatic carbocycles. The van der Waals surface area contributed by atoms with Crippen LogP contribution in [0.3, 0.4) is 0 Å². The molecule has 1 heterocycles. The van der Waals surface area contributed by atoms with Crippen LogP contribution in [0.4, 0.5) is 4.79 Å². The van der Waals surface area contributed by atoms with Crippen molar-refractivity contribution in [1.29, 1.82) is 0 Å². The minimum Gasteiger partial charge on any atom is -0.493 e. The third-order valence-corrected chi connectivity index (χ3v) is 4.49. The first kappa shape index (κ1) is 21.8. The van der Waals surface area contributed by atoms with Crippen molar-refractivity contribution in [1.82, 2.24) is 4.90 Å². The van der Waals surface area contributed by atoms with Crippen LogP contribution in [0.1, 0.15) is 33.3 Å². The van der Waals surface area contributed by atoms with Gasteiger partial charge in [0.15, 0.2) is 11.5 Å². The molecule has 1 aliphatic rings. The first-order chi connectivity index (χ1) is 13.2. The quantitative estimate of drug-likeness (QED) is 0.480. The standard InChI is InChI=1S/C20H25NO6S/c1-12(2)11-26-18(22)10-21-19(23)17(28-20(21)24)9-14-6-7-15(27-13(3)4)16(8-14)25-5/h6-9,12-13H,10-11H2,1-5H3/b17-9-. The Labute approximate surface area is 169 Å².